The van der Waals surface area contributed by atoms with Gasteiger partial charge in [-0.1, -0.05) is 69.2 Å². The molecule has 3 atom stereocenters. The maximum absolute atomic E-state index is 6.42. The van der Waals surface area contributed by atoms with Crippen LogP contribution in [0.3, 0.4) is 0 Å². The Morgan fingerprint density at radius 3 is 2.37 bits per heavy atom. The first-order chi connectivity index (χ1) is 17.3. The molecule has 0 spiro atoms. The molecule has 35 heavy (non-hydrogen) atoms. The summed E-state index contributed by atoms with van der Waals surface area (Å²) in [5, 5.41) is 0. The summed E-state index contributed by atoms with van der Waals surface area (Å²) in [6.45, 7) is 4.67. The molecule has 0 fully saturated rings. The molecule has 2 aromatic heterocycles. The monoisotopic (exact) mass is 462 g/mol. The Kier molecular flexibility index (Phi) is 7.23. The number of fused-ring (bicyclic) bond motifs is 2. The highest BCUT2D eigenvalue weighted by Crippen LogP contribution is 2.48. The molecule has 0 saturated carbocycles. The van der Waals surface area contributed by atoms with Crippen molar-refractivity contribution in [1.82, 2.24) is 9.97 Å². The van der Waals surface area contributed by atoms with Crippen LogP contribution in [0.1, 0.15) is 62.3 Å². The second kappa shape index (κ2) is 10.9. The van der Waals surface area contributed by atoms with Gasteiger partial charge in [-0.2, -0.15) is 0 Å². The summed E-state index contributed by atoms with van der Waals surface area (Å²) in [5.74, 6) is 3.64. The Labute approximate surface area is 209 Å². The summed E-state index contributed by atoms with van der Waals surface area (Å²) in [5.41, 5.74) is 6.07. The second-order valence-corrected chi connectivity index (χ2v) is 9.63. The molecule has 1 aliphatic heterocycles. The smallest absolute Gasteiger partial charge is 0.131 e. The SMILES string of the molecule is CCC(CCC1c2ccccc2Oc2cc(-c3cccnc3)ccc21)C(CC)Cc1ccccn1. The summed E-state index contributed by atoms with van der Waals surface area (Å²) >= 11 is 0. The predicted octanol–water partition coefficient (Wildman–Crippen LogP) is 8.46. The van der Waals surface area contributed by atoms with Gasteiger partial charge in [-0.25, -0.2) is 0 Å². The number of benzene rings is 2. The van der Waals surface area contributed by atoms with Crippen molar-refractivity contribution in [3.05, 3.63) is 108 Å². The van der Waals surface area contributed by atoms with Gasteiger partial charge in [0, 0.05) is 46.9 Å². The van der Waals surface area contributed by atoms with Crippen molar-refractivity contribution in [2.75, 3.05) is 0 Å². The van der Waals surface area contributed by atoms with Crippen molar-refractivity contribution < 1.29 is 4.74 Å². The van der Waals surface area contributed by atoms with E-state index in [-0.39, 0.29) is 0 Å². The molecule has 0 saturated heterocycles. The van der Waals surface area contributed by atoms with Crippen LogP contribution in [-0.4, -0.2) is 9.97 Å². The van der Waals surface area contributed by atoms with Gasteiger partial charge in [-0.15, -0.1) is 0 Å². The van der Waals surface area contributed by atoms with E-state index in [9.17, 15) is 0 Å². The fourth-order valence-electron chi connectivity index (χ4n) is 5.67. The highest BCUT2D eigenvalue weighted by Gasteiger charge is 2.29. The summed E-state index contributed by atoms with van der Waals surface area (Å²) < 4.78 is 6.42. The fourth-order valence-corrected chi connectivity index (χ4v) is 5.67. The molecule has 0 N–H and O–H groups in total. The molecule has 1 aliphatic rings. The highest BCUT2D eigenvalue weighted by molar-refractivity contribution is 5.67. The number of nitrogens with zero attached hydrogens (tertiary/aromatic N) is 2. The van der Waals surface area contributed by atoms with E-state index in [4.69, 9.17) is 4.74 Å². The number of hydrogen-bond acceptors (Lipinski definition) is 3. The molecule has 3 unspecified atom stereocenters. The third-order valence-electron chi connectivity index (χ3n) is 7.64. The number of pyridine rings is 2. The maximum Gasteiger partial charge on any atom is 0.131 e. The lowest BCUT2D eigenvalue weighted by Gasteiger charge is -2.31. The van der Waals surface area contributed by atoms with E-state index in [0.29, 0.717) is 17.8 Å². The van der Waals surface area contributed by atoms with Crippen LogP contribution in [0.15, 0.2) is 91.4 Å². The molecule has 4 aromatic rings. The minimum Gasteiger partial charge on any atom is -0.457 e. The predicted molar refractivity (Wildman–Crippen MR) is 143 cm³/mol. The van der Waals surface area contributed by atoms with Crippen LogP contribution in [0, 0.1) is 11.8 Å². The topological polar surface area (TPSA) is 35.0 Å². The first-order valence-corrected chi connectivity index (χ1v) is 13.0. The summed E-state index contributed by atoms with van der Waals surface area (Å²) in [4.78, 5) is 8.90. The second-order valence-electron chi connectivity index (χ2n) is 9.63. The normalized spacial score (nSPS) is 16.0. The molecular formula is C32H34N2O. The standard InChI is InChI=1S/C32H34N2O/c1-3-23(24(4-2)20-27-11-7-8-19-34-27)14-16-28-29-12-5-6-13-31(29)35-32-21-25(15-17-30(28)32)26-10-9-18-33-22-26/h5-13,15,17-19,21-24,28H,3-4,14,16,20H2,1-2H3. The van der Waals surface area contributed by atoms with E-state index >= 15 is 0 Å². The average molecular weight is 463 g/mol. The molecule has 3 heteroatoms. The van der Waals surface area contributed by atoms with Gasteiger partial charge in [0.2, 0.25) is 0 Å². The van der Waals surface area contributed by atoms with Gasteiger partial charge in [0.1, 0.15) is 11.5 Å². The minimum absolute atomic E-state index is 0.347. The number of aromatic nitrogens is 2. The van der Waals surface area contributed by atoms with Gasteiger partial charge >= 0.3 is 0 Å². The Hall–Kier alpha value is -3.46. The van der Waals surface area contributed by atoms with Crippen molar-refractivity contribution in [3.8, 4) is 22.6 Å². The maximum atomic E-state index is 6.42. The average Bonchev–Trinajstić information content (AvgIpc) is 2.92. The van der Waals surface area contributed by atoms with Crippen molar-refractivity contribution in [2.45, 2.75) is 51.9 Å². The molecule has 0 amide bonds. The van der Waals surface area contributed by atoms with E-state index in [1.165, 1.54) is 36.1 Å². The molecule has 2 aromatic carbocycles. The van der Waals surface area contributed by atoms with Crippen LogP contribution in [0.25, 0.3) is 11.1 Å². The molecule has 5 rings (SSSR count). The third-order valence-corrected chi connectivity index (χ3v) is 7.64. The van der Waals surface area contributed by atoms with Gasteiger partial charge in [0.05, 0.1) is 0 Å². The highest BCUT2D eigenvalue weighted by atomic mass is 16.5. The lowest BCUT2D eigenvalue weighted by molar-refractivity contribution is 0.279. The fraction of sp³-hybridized carbons (Fsp3) is 0.312. The Morgan fingerprint density at radius 1 is 0.771 bits per heavy atom. The Balaban J connectivity index is 1.40. The summed E-state index contributed by atoms with van der Waals surface area (Å²) in [6.07, 6.45) is 11.4. The number of ether oxygens (including phenoxy) is 1. The van der Waals surface area contributed by atoms with E-state index in [2.05, 4.69) is 84.5 Å². The quantitative estimate of drug-likeness (QED) is 0.250. The zero-order valence-corrected chi connectivity index (χ0v) is 20.7. The van der Waals surface area contributed by atoms with E-state index in [0.717, 1.165) is 35.5 Å². The number of hydrogen-bond donors (Lipinski definition) is 0. The van der Waals surface area contributed by atoms with Crippen LogP contribution in [0.4, 0.5) is 0 Å². The molecule has 178 valence electrons. The minimum atomic E-state index is 0.347. The van der Waals surface area contributed by atoms with E-state index in [1.54, 1.807) is 0 Å². The van der Waals surface area contributed by atoms with Crippen LogP contribution in [0.2, 0.25) is 0 Å². The van der Waals surface area contributed by atoms with Crippen LogP contribution < -0.4 is 4.74 Å². The van der Waals surface area contributed by atoms with Crippen LogP contribution in [-0.2, 0) is 6.42 Å². The first kappa shape index (κ1) is 23.3. The van der Waals surface area contributed by atoms with Crippen molar-refractivity contribution >= 4 is 0 Å². The molecule has 0 bridgehead atoms. The zero-order chi connectivity index (χ0) is 24.0. The molecule has 0 aliphatic carbocycles. The summed E-state index contributed by atoms with van der Waals surface area (Å²) in [7, 11) is 0. The molecule has 3 nitrogen and oxygen atoms in total. The zero-order valence-electron chi connectivity index (χ0n) is 20.7. The van der Waals surface area contributed by atoms with E-state index in [1.807, 2.05) is 30.7 Å². The van der Waals surface area contributed by atoms with E-state index < -0.39 is 0 Å². The lowest BCUT2D eigenvalue weighted by Crippen LogP contribution is -2.19. The Bertz CT molecular complexity index is 1240. The molecule has 3 heterocycles. The molecule has 0 radical (unpaired) electrons. The van der Waals surface area contributed by atoms with Crippen molar-refractivity contribution in [2.24, 2.45) is 11.8 Å². The van der Waals surface area contributed by atoms with Gasteiger partial charge in [-0.05, 0) is 67.0 Å². The van der Waals surface area contributed by atoms with Gasteiger partial charge in [0.25, 0.3) is 0 Å². The summed E-state index contributed by atoms with van der Waals surface area (Å²) in [6, 6.07) is 25.6. The van der Waals surface area contributed by atoms with Gasteiger partial charge < -0.3 is 4.74 Å². The van der Waals surface area contributed by atoms with Crippen molar-refractivity contribution in [3.63, 3.8) is 0 Å². The number of rotatable bonds is 9. The largest absolute Gasteiger partial charge is 0.457 e. The lowest BCUT2D eigenvalue weighted by atomic mass is 9.77. The van der Waals surface area contributed by atoms with Crippen molar-refractivity contribution in [1.29, 1.82) is 0 Å². The first-order valence-electron chi connectivity index (χ1n) is 13.0. The third kappa shape index (κ3) is 5.14. The molecular weight excluding hydrogens is 428 g/mol. The van der Waals surface area contributed by atoms with Gasteiger partial charge in [0.15, 0.2) is 0 Å². The van der Waals surface area contributed by atoms with Gasteiger partial charge in [-0.3, -0.25) is 9.97 Å². The number of para-hydroxylation sites is 1. The van der Waals surface area contributed by atoms with Crippen LogP contribution >= 0.6 is 0 Å². The van der Waals surface area contributed by atoms with Crippen LogP contribution in [0.5, 0.6) is 11.5 Å². The Morgan fingerprint density at radius 2 is 1.60 bits per heavy atom.